The molecule has 1 aliphatic rings. The molecule has 18 heavy (non-hydrogen) atoms. The minimum Gasteiger partial charge on any atom is -0.317 e. The summed E-state index contributed by atoms with van der Waals surface area (Å²) in [6.45, 7) is 8.91. The molecule has 1 aromatic rings. The first-order valence-electron chi connectivity index (χ1n) is 7.07. The molecule has 2 rings (SSSR count). The van der Waals surface area contributed by atoms with E-state index in [4.69, 9.17) is 0 Å². The molecule has 0 radical (unpaired) electrons. The minimum absolute atomic E-state index is 0.452. The molecule has 0 aromatic carbocycles. The van der Waals surface area contributed by atoms with Crippen molar-refractivity contribution in [3.05, 3.63) is 18.0 Å². The van der Waals surface area contributed by atoms with Crippen LogP contribution in [0, 0.1) is 5.92 Å². The van der Waals surface area contributed by atoms with Crippen LogP contribution in [-0.4, -0.2) is 41.4 Å². The van der Waals surface area contributed by atoms with Crippen LogP contribution in [-0.2, 0) is 6.54 Å². The van der Waals surface area contributed by atoms with Crippen LogP contribution in [0.5, 0.6) is 0 Å². The highest BCUT2D eigenvalue weighted by atomic mass is 15.3. The van der Waals surface area contributed by atoms with E-state index in [0.29, 0.717) is 6.04 Å². The lowest BCUT2D eigenvalue weighted by Gasteiger charge is -2.27. The molecule has 0 saturated carbocycles. The Hall–Kier alpha value is -0.870. The number of hydrogen-bond donors (Lipinski definition) is 1. The lowest BCUT2D eigenvalue weighted by atomic mass is 9.97. The Balaban J connectivity index is 1.80. The van der Waals surface area contributed by atoms with Crippen molar-refractivity contribution < 1.29 is 0 Å². The lowest BCUT2D eigenvalue weighted by molar-refractivity contribution is 0.234. The van der Waals surface area contributed by atoms with E-state index in [0.717, 1.165) is 12.5 Å². The van der Waals surface area contributed by atoms with Gasteiger partial charge in [-0.1, -0.05) is 0 Å². The van der Waals surface area contributed by atoms with E-state index >= 15 is 0 Å². The average molecular weight is 250 g/mol. The molecule has 0 atom stereocenters. The van der Waals surface area contributed by atoms with Gasteiger partial charge in [-0.05, 0) is 52.7 Å². The van der Waals surface area contributed by atoms with Gasteiger partial charge in [-0.3, -0.25) is 4.68 Å². The van der Waals surface area contributed by atoms with Crippen molar-refractivity contribution in [1.82, 2.24) is 20.0 Å². The van der Waals surface area contributed by atoms with Crippen LogP contribution in [0.25, 0.3) is 0 Å². The Bertz CT molecular complexity index is 352. The Morgan fingerprint density at radius 2 is 2.17 bits per heavy atom. The van der Waals surface area contributed by atoms with Crippen LogP contribution < -0.4 is 5.32 Å². The van der Waals surface area contributed by atoms with Crippen LogP contribution in [0.1, 0.15) is 38.3 Å². The van der Waals surface area contributed by atoms with Gasteiger partial charge in [0.2, 0.25) is 0 Å². The molecule has 4 nitrogen and oxygen atoms in total. The number of rotatable bonds is 5. The molecule has 0 unspecified atom stereocenters. The van der Waals surface area contributed by atoms with Gasteiger partial charge in [-0.25, -0.2) is 0 Å². The van der Waals surface area contributed by atoms with Gasteiger partial charge < -0.3 is 10.2 Å². The molecule has 102 valence electrons. The van der Waals surface area contributed by atoms with E-state index in [9.17, 15) is 0 Å². The first-order chi connectivity index (χ1) is 8.65. The third kappa shape index (κ3) is 3.82. The van der Waals surface area contributed by atoms with Crippen molar-refractivity contribution in [2.24, 2.45) is 5.92 Å². The van der Waals surface area contributed by atoms with E-state index in [1.165, 1.54) is 38.0 Å². The zero-order valence-corrected chi connectivity index (χ0v) is 11.9. The molecule has 1 aromatic heterocycles. The van der Waals surface area contributed by atoms with Crippen molar-refractivity contribution in [3.63, 3.8) is 0 Å². The van der Waals surface area contributed by atoms with Crippen LogP contribution in [0.15, 0.2) is 12.4 Å². The molecule has 1 N–H and O–H groups in total. The molecule has 1 fully saturated rings. The van der Waals surface area contributed by atoms with Gasteiger partial charge in [-0.15, -0.1) is 0 Å². The highest BCUT2D eigenvalue weighted by Gasteiger charge is 2.15. The summed E-state index contributed by atoms with van der Waals surface area (Å²) in [6.07, 6.45) is 6.80. The summed E-state index contributed by atoms with van der Waals surface area (Å²) >= 11 is 0. The summed E-state index contributed by atoms with van der Waals surface area (Å²) in [6, 6.07) is 0.452. The fourth-order valence-corrected chi connectivity index (χ4v) is 2.62. The van der Waals surface area contributed by atoms with Crippen molar-refractivity contribution in [2.75, 3.05) is 26.7 Å². The van der Waals surface area contributed by atoms with Gasteiger partial charge in [0.05, 0.1) is 6.20 Å². The Morgan fingerprint density at radius 1 is 1.44 bits per heavy atom. The first-order valence-corrected chi connectivity index (χ1v) is 7.07. The topological polar surface area (TPSA) is 33.1 Å². The van der Waals surface area contributed by atoms with E-state index in [1.54, 1.807) is 0 Å². The summed E-state index contributed by atoms with van der Waals surface area (Å²) in [4.78, 5) is 2.43. The monoisotopic (exact) mass is 250 g/mol. The van der Waals surface area contributed by atoms with Gasteiger partial charge in [0.15, 0.2) is 0 Å². The van der Waals surface area contributed by atoms with E-state index < -0.39 is 0 Å². The Morgan fingerprint density at radius 3 is 2.78 bits per heavy atom. The molecule has 4 heteroatoms. The molecule has 1 aliphatic heterocycles. The third-order valence-electron chi connectivity index (χ3n) is 3.67. The van der Waals surface area contributed by atoms with Crippen molar-refractivity contribution in [1.29, 1.82) is 0 Å². The average Bonchev–Trinajstić information content (AvgIpc) is 2.78. The quantitative estimate of drug-likeness (QED) is 0.866. The van der Waals surface area contributed by atoms with Gasteiger partial charge >= 0.3 is 0 Å². The Kier molecular flexibility index (Phi) is 4.78. The van der Waals surface area contributed by atoms with Crippen molar-refractivity contribution in [2.45, 2.75) is 39.3 Å². The highest BCUT2D eigenvalue weighted by Crippen LogP contribution is 2.14. The molecule has 0 spiro atoms. The smallest absolute Gasteiger partial charge is 0.0534 e. The van der Waals surface area contributed by atoms with Crippen LogP contribution in [0.2, 0.25) is 0 Å². The first kappa shape index (κ1) is 13.6. The largest absolute Gasteiger partial charge is 0.317 e. The number of nitrogens with one attached hydrogen (secondary N) is 1. The minimum atomic E-state index is 0.452. The maximum absolute atomic E-state index is 4.40. The summed E-state index contributed by atoms with van der Waals surface area (Å²) in [5.74, 6) is 0.858. The predicted molar refractivity (Wildman–Crippen MR) is 74.5 cm³/mol. The second-order valence-corrected chi connectivity index (χ2v) is 5.81. The SMILES string of the molecule is CC(C)n1cc(CN(C)CC2CCNCC2)cn1. The van der Waals surface area contributed by atoms with Crippen LogP contribution >= 0.6 is 0 Å². The molecular formula is C14H26N4. The van der Waals surface area contributed by atoms with E-state index in [1.807, 2.05) is 10.9 Å². The maximum atomic E-state index is 4.40. The summed E-state index contributed by atoms with van der Waals surface area (Å²) < 4.78 is 2.04. The lowest BCUT2D eigenvalue weighted by Crippen LogP contribution is -2.34. The second-order valence-electron chi connectivity index (χ2n) is 5.81. The van der Waals surface area contributed by atoms with E-state index in [-0.39, 0.29) is 0 Å². The van der Waals surface area contributed by atoms with Crippen LogP contribution in [0.4, 0.5) is 0 Å². The maximum Gasteiger partial charge on any atom is 0.0534 e. The van der Waals surface area contributed by atoms with Gasteiger partial charge in [0.1, 0.15) is 0 Å². The molecule has 0 amide bonds. The number of nitrogens with zero attached hydrogens (tertiary/aromatic N) is 3. The predicted octanol–water partition coefficient (Wildman–Crippen LogP) is 1.90. The highest BCUT2D eigenvalue weighted by molar-refractivity contribution is 5.04. The summed E-state index contributed by atoms with van der Waals surface area (Å²) in [5, 5.41) is 7.82. The zero-order valence-electron chi connectivity index (χ0n) is 11.9. The molecule has 0 bridgehead atoms. The number of hydrogen-bond acceptors (Lipinski definition) is 3. The third-order valence-corrected chi connectivity index (χ3v) is 3.67. The van der Waals surface area contributed by atoms with Crippen molar-refractivity contribution >= 4 is 0 Å². The van der Waals surface area contributed by atoms with Gasteiger partial charge in [0.25, 0.3) is 0 Å². The summed E-state index contributed by atoms with van der Waals surface area (Å²) in [5.41, 5.74) is 1.32. The standard InChI is InChI=1S/C14H26N4/c1-12(2)18-11-14(8-16-18)10-17(3)9-13-4-6-15-7-5-13/h8,11-13,15H,4-7,9-10H2,1-3H3. The van der Waals surface area contributed by atoms with Gasteiger partial charge in [-0.2, -0.15) is 5.10 Å². The van der Waals surface area contributed by atoms with E-state index in [2.05, 4.69) is 42.4 Å². The number of aromatic nitrogens is 2. The summed E-state index contributed by atoms with van der Waals surface area (Å²) in [7, 11) is 2.22. The Labute approximate surface area is 110 Å². The second kappa shape index (κ2) is 6.34. The molecule has 2 heterocycles. The normalized spacial score (nSPS) is 17.8. The van der Waals surface area contributed by atoms with Crippen molar-refractivity contribution in [3.8, 4) is 0 Å². The molecule has 1 saturated heterocycles. The fourth-order valence-electron chi connectivity index (χ4n) is 2.62. The van der Waals surface area contributed by atoms with Gasteiger partial charge in [0, 0.05) is 30.9 Å². The zero-order chi connectivity index (χ0) is 13.0. The number of piperidine rings is 1. The fraction of sp³-hybridized carbons (Fsp3) is 0.786. The molecule has 0 aliphatic carbocycles. The molecular weight excluding hydrogens is 224 g/mol. The van der Waals surface area contributed by atoms with Crippen LogP contribution in [0.3, 0.4) is 0 Å².